The minimum absolute atomic E-state index is 0.351. The summed E-state index contributed by atoms with van der Waals surface area (Å²) in [7, 11) is 0. The molecule has 0 fully saturated rings. The number of rotatable bonds is 5. The van der Waals surface area contributed by atoms with E-state index in [1.165, 1.54) is 0 Å². The summed E-state index contributed by atoms with van der Waals surface area (Å²) in [6.07, 6.45) is 0.361. The molecule has 0 saturated heterocycles. The number of aromatic nitrogens is 2. The molecule has 0 unspecified atom stereocenters. The Morgan fingerprint density at radius 1 is 1.35 bits per heavy atom. The minimum Gasteiger partial charge on any atom is -0.419 e. The molecule has 0 radical (unpaired) electrons. The molecule has 1 heterocycles. The van der Waals surface area contributed by atoms with Crippen molar-refractivity contribution in [1.82, 2.24) is 15.1 Å². The van der Waals surface area contributed by atoms with Gasteiger partial charge in [-0.15, -0.1) is 22.8 Å². The Bertz CT molecular complexity index is 621. The van der Waals surface area contributed by atoms with Gasteiger partial charge in [0.2, 0.25) is 11.8 Å². The lowest BCUT2D eigenvalue weighted by molar-refractivity contribution is 0.370. The van der Waals surface area contributed by atoms with Crippen LogP contribution in [0.25, 0.3) is 11.5 Å². The molecule has 1 aromatic carbocycles. The first-order valence-corrected chi connectivity index (χ1v) is 6.79. The molecule has 0 aliphatic carbocycles. The maximum atomic E-state index is 8.62. The van der Waals surface area contributed by atoms with Crippen LogP contribution in [0, 0.1) is 11.3 Å². The van der Waals surface area contributed by atoms with Crippen LogP contribution in [-0.4, -0.2) is 26.0 Å². The number of nitrogens with zero attached hydrogens (tertiary/aromatic N) is 4. The molecule has 0 atom stereocenters. The van der Waals surface area contributed by atoms with Crippen molar-refractivity contribution in [1.29, 1.82) is 5.26 Å². The molecule has 2 rings (SSSR count). The second kappa shape index (κ2) is 7.03. The average molecular weight is 304 g/mol. The van der Waals surface area contributed by atoms with E-state index in [4.69, 9.17) is 21.9 Å². The van der Waals surface area contributed by atoms with Gasteiger partial charge in [0.05, 0.1) is 19.0 Å². The Kier molecular flexibility index (Phi) is 5.09. The van der Waals surface area contributed by atoms with Crippen LogP contribution in [-0.2, 0) is 6.54 Å². The Balaban J connectivity index is 2.09. The summed E-state index contributed by atoms with van der Waals surface area (Å²) in [6.45, 7) is 0.839. The molecule has 0 amide bonds. The molecular formula is C13H12N4OS2. The lowest BCUT2D eigenvalue weighted by Gasteiger charge is -2.18. The number of nitriles is 1. The lowest BCUT2D eigenvalue weighted by Crippen LogP contribution is -2.26. The highest BCUT2D eigenvalue weighted by Gasteiger charge is 2.13. The molecular weight excluding hydrogens is 292 g/mol. The van der Waals surface area contributed by atoms with Gasteiger partial charge in [-0.1, -0.05) is 30.4 Å². The lowest BCUT2D eigenvalue weighted by atomic mass is 10.2. The highest BCUT2D eigenvalue weighted by atomic mass is 32.1. The summed E-state index contributed by atoms with van der Waals surface area (Å²) in [5.41, 5.74) is 0.864. The average Bonchev–Trinajstić information content (AvgIpc) is 2.92. The van der Waals surface area contributed by atoms with E-state index in [1.807, 2.05) is 30.3 Å². The van der Waals surface area contributed by atoms with Crippen LogP contribution >= 0.6 is 24.8 Å². The fraction of sp³-hybridized carbons (Fsp3) is 0.231. The van der Waals surface area contributed by atoms with Gasteiger partial charge in [0.15, 0.2) is 0 Å². The zero-order valence-electron chi connectivity index (χ0n) is 10.6. The van der Waals surface area contributed by atoms with Gasteiger partial charge in [-0.25, -0.2) is 0 Å². The van der Waals surface area contributed by atoms with Crippen LogP contribution in [0.1, 0.15) is 12.3 Å². The third kappa shape index (κ3) is 3.79. The highest BCUT2D eigenvalue weighted by molar-refractivity contribution is 8.10. The predicted octanol–water partition coefficient (Wildman–Crippen LogP) is 2.67. The van der Waals surface area contributed by atoms with Gasteiger partial charge in [0.25, 0.3) is 0 Å². The summed E-state index contributed by atoms with van der Waals surface area (Å²) < 4.78 is 5.99. The summed E-state index contributed by atoms with van der Waals surface area (Å²) in [4.78, 5) is 1.74. The van der Waals surface area contributed by atoms with Crippen molar-refractivity contribution in [2.45, 2.75) is 13.0 Å². The van der Waals surface area contributed by atoms with Gasteiger partial charge in [0.1, 0.15) is 4.32 Å². The number of benzene rings is 1. The van der Waals surface area contributed by atoms with Crippen LogP contribution in [0.4, 0.5) is 0 Å². The summed E-state index contributed by atoms with van der Waals surface area (Å²) in [5, 5.41) is 16.6. The largest absolute Gasteiger partial charge is 0.419 e. The summed E-state index contributed by atoms with van der Waals surface area (Å²) in [5.74, 6) is 0.907. The number of thiocarbonyl (C=S) groups is 1. The molecule has 0 aliphatic heterocycles. The molecule has 0 saturated carbocycles. The molecule has 7 heteroatoms. The van der Waals surface area contributed by atoms with Crippen molar-refractivity contribution in [2.75, 3.05) is 6.54 Å². The van der Waals surface area contributed by atoms with Crippen LogP contribution < -0.4 is 0 Å². The van der Waals surface area contributed by atoms with E-state index < -0.39 is 0 Å². The Hall–Kier alpha value is -1.91. The zero-order chi connectivity index (χ0) is 14.4. The van der Waals surface area contributed by atoms with E-state index >= 15 is 0 Å². The molecule has 0 bridgehead atoms. The Labute approximate surface area is 127 Å². The van der Waals surface area contributed by atoms with Crippen molar-refractivity contribution < 1.29 is 4.42 Å². The van der Waals surface area contributed by atoms with Crippen molar-refractivity contribution in [3.8, 4) is 17.5 Å². The zero-order valence-corrected chi connectivity index (χ0v) is 12.3. The summed E-state index contributed by atoms with van der Waals surface area (Å²) in [6, 6.07) is 11.6. The molecule has 20 heavy (non-hydrogen) atoms. The Morgan fingerprint density at radius 3 is 2.75 bits per heavy atom. The SMILES string of the molecule is N#CCCN(Cc1nnc(-c2ccccc2)o1)C(=S)S. The fourth-order valence-electron chi connectivity index (χ4n) is 1.61. The van der Waals surface area contributed by atoms with Crippen LogP contribution in [0.2, 0.25) is 0 Å². The normalized spacial score (nSPS) is 10.0. The molecule has 0 spiro atoms. The first-order chi connectivity index (χ1) is 9.70. The van der Waals surface area contributed by atoms with E-state index in [2.05, 4.69) is 28.9 Å². The van der Waals surface area contributed by atoms with Crippen LogP contribution in [0.5, 0.6) is 0 Å². The molecule has 1 aromatic heterocycles. The maximum absolute atomic E-state index is 8.62. The van der Waals surface area contributed by atoms with Crippen molar-refractivity contribution in [3.05, 3.63) is 36.2 Å². The first kappa shape index (κ1) is 14.5. The number of hydrogen-bond donors (Lipinski definition) is 1. The van der Waals surface area contributed by atoms with Gasteiger partial charge >= 0.3 is 0 Å². The van der Waals surface area contributed by atoms with Gasteiger partial charge < -0.3 is 9.32 Å². The molecule has 0 N–H and O–H groups in total. The van der Waals surface area contributed by atoms with Crippen LogP contribution in [0.15, 0.2) is 34.7 Å². The summed E-state index contributed by atoms with van der Waals surface area (Å²) >= 11 is 9.15. The molecule has 102 valence electrons. The third-order valence-corrected chi connectivity index (χ3v) is 3.12. The first-order valence-electron chi connectivity index (χ1n) is 5.93. The highest BCUT2D eigenvalue weighted by Crippen LogP contribution is 2.18. The van der Waals surface area contributed by atoms with E-state index in [1.54, 1.807) is 4.90 Å². The van der Waals surface area contributed by atoms with E-state index in [0.29, 0.717) is 35.6 Å². The van der Waals surface area contributed by atoms with Gasteiger partial charge in [-0.3, -0.25) is 0 Å². The minimum atomic E-state index is 0.351. The smallest absolute Gasteiger partial charge is 0.247 e. The van der Waals surface area contributed by atoms with Gasteiger partial charge in [-0.05, 0) is 12.1 Å². The van der Waals surface area contributed by atoms with E-state index in [-0.39, 0.29) is 0 Å². The van der Waals surface area contributed by atoms with Crippen molar-refractivity contribution >= 4 is 29.2 Å². The van der Waals surface area contributed by atoms with Gasteiger partial charge in [-0.2, -0.15) is 5.26 Å². The fourth-order valence-corrected chi connectivity index (χ4v) is 1.93. The van der Waals surface area contributed by atoms with Crippen molar-refractivity contribution in [3.63, 3.8) is 0 Å². The topological polar surface area (TPSA) is 66.0 Å². The second-order valence-corrected chi connectivity index (χ2v) is 5.09. The second-order valence-electron chi connectivity index (χ2n) is 3.98. The van der Waals surface area contributed by atoms with Crippen LogP contribution in [0.3, 0.4) is 0 Å². The number of hydrogen-bond acceptors (Lipinski definition) is 5. The molecule has 0 aliphatic rings. The maximum Gasteiger partial charge on any atom is 0.247 e. The van der Waals surface area contributed by atoms with E-state index in [0.717, 1.165) is 5.56 Å². The monoisotopic (exact) mass is 304 g/mol. The Morgan fingerprint density at radius 2 is 2.10 bits per heavy atom. The third-order valence-electron chi connectivity index (χ3n) is 2.58. The standard InChI is InChI=1S/C13H12N4OS2/c14-7-4-8-17(13(19)20)9-11-15-16-12(18-11)10-5-2-1-3-6-10/h1-3,5-6H,4,8-9H2,(H,19,20). The van der Waals surface area contributed by atoms with Gasteiger partial charge in [0, 0.05) is 12.1 Å². The predicted molar refractivity (Wildman–Crippen MR) is 82.0 cm³/mol. The quantitative estimate of drug-likeness (QED) is 0.677. The van der Waals surface area contributed by atoms with E-state index in [9.17, 15) is 0 Å². The molecule has 5 nitrogen and oxygen atoms in total. The number of thiol groups is 1. The molecule has 2 aromatic rings. The van der Waals surface area contributed by atoms with Crippen molar-refractivity contribution in [2.24, 2.45) is 0 Å².